The molecule has 3 atom stereocenters. The van der Waals surface area contributed by atoms with Crippen molar-refractivity contribution in [3.05, 3.63) is 65.5 Å². The molecule has 1 aliphatic heterocycles. The lowest BCUT2D eigenvalue weighted by Crippen LogP contribution is -2.54. The summed E-state index contributed by atoms with van der Waals surface area (Å²) in [4.78, 5) is 53.8. The molecule has 0 fully saturated rings. The normalized spacial score (nSPS) is 15.2. The fourth-order valence-corrected chi connectivity index (χ4v) is 4.55. The van der Waals surface area contributed by atoms with Gasteiger partial charge in [-0.3, -0.25) is 24.1 Å². The first-order valence-corrected chi connectivity index (χ1v) is 13.1. The average Bonchev–Trinajstić information content (AvgIpc) is 3.62. The minimum absolute atomic E-state index is 0. The van der Waals surface area contributed by atoms with E-state index in [0.29, 0.717) is 30.0 Å². The summed E-state index contributed by atoms with van der Waals surface area (Å²) in [5.41, 5.74) is 8.52. The SMILES string of the molecule is CCC(C)C(NC(=O)Cc1ccc(N)cc1)C(=O)NCC(=O)N1c2ccccc2C[C@H]1C(=O)NCc1nn[nH]n1.Cl. The van der Waals surface area contributed by atoms with E-state index >= 15 is 0 Å². The van der Waals surface area contributed by atoms with Crippen LogP contribution in [0.2, 0.25) is 0 Å². The van der Waals surface area contributed by atoms with Crippen molar-refractivity contribution >= 4 is 47.4 Å². The van der Waals surface area contributed by atoms with Crippen LogP contribution in [0.1, 0.15) is 37.2 Å². The van der Waals surface area contributed by atoms with Gasteiger partial charge in [-0.1, -0.05) is 55.8 Å². The van der Waals surface area contributed by atoms with Crippen LogP contribution >= 0.6 is 12.4 Å². The molecular formula is C27H34ClN9O4. The zero-order valence-electron chi connectivity index (χ0n) is 22.8. The Labute approximate surface area is 243 Å². The smallest absolute Gasteiger partial charge is 0.247 e. The van der Waals surface area contributed by atoms with Crippen molar-refractivity contribution in [2.75, 3.05) is 17.2 Å². The molecular weight excluding hydrogens is 550 g/mol. The topological polar surface area (TPSA) is 188 Å². The summed E-state index contributed by atoms with van der Waals surface area (Å²) in [5, 5.41) is 21.6. The third kappa shape index (κ3) is 7.78. The number of benzene rings is 2. The Morgan fingerprint density at radius 2 is 1.83 bits per heavy atom. The number of nitrogens with one attached hydrogen (secondary N) is 4. The molecule has 4 rings (SSSR count). The highest BCUT2D eigenvalue weighted by Crippen LogP contribution is 2.32. The van der Waals surface area contributed by atoms with E-state index < -0.39 is 23.9 Å². The first-order valence-electron chi connectivity index (χ1n) is 13.1. The van der Waals surface area contributed by atoms with Gasteiger partial charge in [0.15, 0.2) is 5.82 Å². The Hall–Kier alpha value is -4.52. The third-order valence-corrected chi connectivity index (χ3v) is 6.93. The number of nitrogens with two attached hydrogens (primary N) is 1. The summed E-state index contributed by atoms with van der Waals surface area (Å²) in [6.45, 7) is 3.48. The second-order valence-corrected chi connectivity index (χ2v) is 9.73. The fraction of sp³-hybridized carbons (Fsp3) is 0.370. The van der Waals surface area contributed by atoms with Crippen LogP contribution in [0.5, 0.6) is 0 Å². The van der Waals surface area contributed by atoms with Gasteiger partial charge in [-0.05, 0) is 35.2 Å². The molecule has 0 radical (unpaired) electrons. The lowest BCUT2D eigenvalue weighted by atomic mass is 9.98. The summed E-state index contributed by atoms with van der Waals surface area (Å²) < 4.78 is 0. The molecule has 218 valence electrons. The maximum Gasteiger partial charge on any atom is 0.247 e. The highest BCUT2D eigenvalue weighted by molar-refractivity contribution is 6.05. The van der Waals surface area contributed by atoms with Gasteiger partial charge in [0.1, 0.15) is 12.1 Å². The van der Waals surface area contributed by atoms with Gasteiger partial charge in [-0.15, -0.1) is 22.6 Å². The molecule has 2 aromatic carbocycles. The average molecular weight is 584 g/mol. The molecule has 1 aliphatic rings. The number of H-pyrrole nitrogens is 1. The molecule has 6 N–H and O–H groups in total. The summed E-state index contributed by atoms with van der Waals surface area (Å²) >= 11 is 0. The van der Waals surface area contributed by atoms with E-state index in [1.807, 2.05) is 26.0 Å². The molecule has 0 saturated carbocycles. The van der Waals surface area contributed by atoms with E-state index in [1.165, 1.54) is 4.90 Å². The first-order chi connectivity index (χ1) is 19.3. The summed E-state index contributed by atoms with van der Waals surface area (Å²) in [6, 6.07) is 12.5. The number of rotatable bonds is 11. The number of anilines is 2. The largest absolute Gasteiger partial charge is 0.399 e. The van der Waals surface area contributed by atoms with Crippen molar-refractivity contribution in [3.63, 3.8) is 0 Å². The Balaban J connectivity index is 0.00000462. The van der Waals surface area contributed by atoms with Gasteiger partial charge in [-0.2, -0.15) is 5.21 Å². The first kappa shape index (κ1) is 31.0. The summed E-state index contributed by atoms with van der Waals surface area (Å²) in [7, 11) is 0. The fourth-order valence-electron chi connectivity index (χ4n) is 4.55. The maximum atomic E-state index is 13.4. The van der Waals surface area contributed by atoms with Gasteiger partial charge in [-0.25, -0.2) is 0 Å². The second-order valence-electron chi connectivity index (χ2n) is 9.73. The van der Waals surface area contributed by atoms with E-state index in [1.54, 1.807) is 36.4 Å². The van der Waals surface area contributed by atoms with Gasteiger partial charge in [0.05, 0.1) is 19.5 Å². The monoisotopic (exact) mass is 583 g/mol. The molecule has 13 nitrogen and oxygen atoms in total. The number of fused-ring (bicyclic) bond motifs is 1. The zero-order valence-corrected chi connectivity index (χ0v) is 23.6. The minimum Gasteiger partial charge on any atom is -0.399 e. The predicted octanol–water partition coefficient (Wildman–Crippen LogP) is 0.668. The number of carbonyl (C=O) groups excluding carboxylic acids is 4. The molecule has 0 bridgehead atoms. The molecule has 3 aromatic rings. The molecule has 14 heteroatoms. The number of para-hydroxylation sites is 1. The number of amides is 4. The standard InChI is InChI=1S/C27H33N9O4.ClH/c1-3-16(2)25(31-23(37)12-17-8-10-19(28)11-9-17)27(40)30-15-24(38)36-20-7-5-4-6-18(20)13-21(36)26(39)29-14-22-32-34-35-33-22;/h4-11,16,21,25H,3,12-15,28H2,1-2H3,(H,29,39)(H,30,40)(H,31,37)(H,32,33,34,35);1H/t16?,21-,25?;/m0./s1. The van der Waals surface area contributed by atoms with Crippen molar-refractivity contribution < 1.29 is 19.2 Å². The molecule has 2 heterocycles. The third-order valence-electron chi connectivity index (χ3n) is 6.93. The van der Waals surface area contributed by atoms with Gasteiger partial charge in [0.2, 0.25) is 23.6 Å². The lowest BCUT2D eigenvalue weighted by molar-refractivity contribution is -0.131. The number of hydrogen-bond acceptors (Lipinski definition) is 8. The van der Waals surface area contributed by atoms with Crippen LogP contribution in [0.4, 0.5) is 11.4 Å². The zero-order chi connectivity index (χ0) is 28.6. The Morgan fingerprint density at radius 1 is 1.10 bits per heavy atom. The number of tetrazole rings is 1. The molecule has 41 heavy (non-hydrogen) atoms. The number of nitrogen functional groups attached to an aromatic ring is 1. The van der Waals surface area contributed by atoms with E-state index in [9.17, 15) is 19.2 Å². The number of aromatic nitrogens is 4. The number of hydrogen-bond donors (Lipinski definition) is 5. The van der Waals surface area contributed by atoms with E-state index in [0.717, 1.165) is 11.1 Å². The van der Waals surface area contributed by atoms with Gasteiger partial charge < -0.3 is 21.7 Å². The van der Waals surface area contributed by atoms with Crippen molar-refractivity contribution in [1.82, 2.24) is 36.6 Å². The van der Waals surface area contributed by atoms with Crippen LogP contribution in [-0.2, 0) is 38.6 Å². The van der Waals surface area contributed by atoms with Crippen molar-refractivity contribution in [1.29, 1.82) is 0 Å². The molecule has 0 spiro atoms. The minimum atomic E-state index is -0.834. The van der Waals surface area contributed by atoms with Crippen LogP contribution in [0.25, 0.3) is 0 Å². The van der Waals surface area contributed by atoms with Gasteiger partial charge >= 0.3 is 0 Å². The van der Waals surface area contributed by atoms with Crippen LogP contribution in [0, 0.1) is 5.92 Å². The number of halogens is 1. The van der Waals surface area contributed by atoms with E-state index in [-0.39, 0.29) is 49.6 Å². The quantitative estimate of drug-likeness (QED) is 0.204. The summed E-state index contributed by atoms with van der Waals surface area (Å²) in [5.74, 6) is -1.49. The highest BCUT2D eigenvalue weighted by atomic mass is 35.5. The van der Waals surface area contributed by atoms with E-state index in [4.69, 9.17) is 5.73 Å². The number of carbonyl (C=O) groups is 4. The lowest BCUT2D eigenvalue weighted by Gasteiger charge is -2.27. The second kappa shape index (κ2) is 14.2. The van der Waals surface area contributed by atoms with Gasteiger partial charge in [0, 0.05) is 17.8 Å². The van der Waals surface area contributed by atoms with Crippen molar-refractivity contribution in [2.45, 2.75) is 51.7 Å². The summed E-state index contributed by atoms with van der Waals surface area (Å²) in [6.07, 6.45) is 1.05. The molecule has 2 unspecified atom stereocenters. The van der Waals surface area contributed by atoms with Crippen LogP contribution in [0.3, 0.4) is 0 Å². The Morgan fingerprint density at radius 3 is 2.51 bits per heavy atom. The van der Waals surface area contributed by atoms with Gasteiger partial charge in [0.25, 0.3) is 0 Å². The highest BCUT2D eigenvalue weighted by Gasteiger charge is 2.38. The Kier molecular flexibility index (Phi) is 10.8. The molecule has 4 amide bonds. The maximum absolute atomic E-state index is 13.4. The predicted molar refractivity (Wildman–Crippen MR) is 154 cm³/mol. The van der Waals surface area contributed by atoms with Crippen LogP contribution in [-0.4, -0.2) is 62.9 Å². The number of aromatic amines is 1. The molecule has 0 aliphatic carbocycles. The Bertz CT molecular complexity index is 1350. The van der Waals surface area contributed by atoms with E-state index in [2.05, 4.69) is 36.6 Å². The van der Waals surface area contributed by atoms with Crippen molar-refractivity contribution in [2.24, 2.45) is 5.92 Å². The van der Waals surface area contributed by atoms with Crippen LogP contribution < -0.4 is 26.6 Å². The number of nitrogens with zero attached hydrogens (tertiary/aromatic N) is 4. The van der Waals surface area contributed by atoms with Crippen LogP contribution in [0.15, 0.2) is 48.5 Å². The molecule has 0 saturated heterocycles. The molecule has 1 aromatic heterocycles. The van der Waals surface area contributed by atoms with Crippen molar-refractivity contribution in [3.8, 4) is 0 Å².